The fourth-order valence-corrected chi connectivity index (χ4v) is 2.26. The molecule has 1 fully saturated rings. The molecule has 1 aliphatic carbocycles. The summed E-state index contributed by atoms with van der Waals surface area (Å²) >= 11 is 0. The Morgan fingerprint density at radius 3 is 2.81 bits per heavy atom. The highest BCUT2D eigenvalue weighted by atomic mass is 16.3. The second-order valence-corrected chi connectivity index (χ2v) is 4.85. The summed E-state index contributed by atoms with van der Waals surface area (Å²) < 4.78 is 1.49. The first-order chi connectivity index (χ1) is 10.3. The Morgan fingerprint density at radius 1 is 1.38 bits per heavy atom. The third-order valence-electron chi connectivity index (χ3n) is 3.57. The highest BCUT2D eigenvalue weighted by Gasteiger charge is 2.27. The molecule has 2 N–H and O–H groups in total. The second-order valence-electron chi connectivity index (χ2n) is 4.85. The Labute approximate surface area is 122 Å². The molecule has 0 aliphatic heterocycles. The largest absolute Gasteiger partial charge is 0.395 e. The average Bonchev–Trinajstić information content (AvgIpc) is 2.98. The van der Waals surface area contributed by atoms with Crippen molar-refractivity contribution in [2.75, 3.05) is 30.4 Å². The quantitative estimate of drug-likeness (QED) is 0.756. The zero-order valence-corrected chi connectivity index (χ0v) is 11.8. The molecule has 9 nitrogen and oxygen atoms in total. The van der Waals surface area contributed by atoms with Crippen molar-refractivity contribution in [3.05, 3.63) is 12.7 Å². The van der Waals surface area contributed by atoms with Gasteiger partial charge in [0, 0.05) is 19.6 Å². The number of aromatic nitrogens is 6. The molecule has 0 atom stereocenters. The Hall–Kier alpha value is -2.29. The minimum atomic E-state index is 0.0652. The van der Waals surface area contributed by atoms with E-state index in [1.165, 1.54) is 23.8 Å². The van der Waals surface area contributed by atoms with E-state index in [2.05, 4.69) is 30.4 Å². The van der Waals surface area contributed by atoms with E-state index in [9.17, 15) is 5.11 Å². The highest BCUT2D eigenvalue weighted by Crippen LogP contribution is 2.27. The van der Waals surface area contributed by atoms with Crippen LogP contribution in [0.2, 0.25) is 0 Å². The van der Waals surface area contributed by atoms with Crippen LogP contribution in [0.5, 0.6) is 0 Å². The summed E-state index contributed by atoms with van der Waals surface area (Å²) in [6.45, 7) is 0.574. The summed E-state index contributed by atoms with van der Waals surface area (Å²) in [4.78, 5) is 19.1. The van der Waals surface area contributed by atoms with Crippen LogP contribution in [0.15, 0.2) is 12.7 Å². The standard InChI is InChI=1S/C12H18N8O/c1-13-10-16-11(19(5-6-21)9-3-2-4-9)18-12(17-10)20-8-14-7-15-20/h7-9,21H,2-6H2,1H3,(H,13,16,17,18). The lowest BCUT2D eigenvalue weighted by Gasteiger charge is -2.37. The first-order valence-electron chi connectivity index (χ1n) is 6.98. The SMILES string of the molecule is CNc1nc(N(CCO)C2CCC2)nc(-n2cncn2)n1. The lowest BCUT2D eigenvalue weighted by atomic mass is 9.92. The molecule has 1 saturated carbocycles. The van der Waals surface area contributed by atoms with Crippen LogP contribution in [0.25, 0.3) is 5.95 Å². The highest BCUT2D eigenvalue weighted by molar-refractivity contribution is 5.41. The molecule has 0 radical (unpaired) electrons. The van der Waals surface area contributed by atoms with E-state index in [0.29, 0.717) is 30.4 Å². The van der Waals surface area contributed by atoms with Crippen LogP contribution in [0.4, 0.5) is 11.9 Å². The Kier molecular flexibility index (Phi) is 3.91. The molecule has 1 aliphatic rings. The number of anilines is 2. The molecule has 0 unspecified atom stereocenters. The van der Waals surface area contributed by atoms with Gasteiger partial charge in [0.05, 0.1) is 6.61 Å². The fraction of sp³-hybridized carbons (Fsp3) is 0.583. The predicted octanol–water partition coefficient (Wildman–Crippen LogP) is -0.155. The predicted molar refractivity (Wildman–Crippen MR) is 76.4 cm³/mol. The Bertz CT molecular complexity index is 583. The van der Waals surface area contributed by atoms with Gasteiger partial charge in [-0.15, -0.1) is 0 Å². The van der Waals surface area contributed by atoms with Crippen molar-refractivity contribution in [2.24, 2.45) is 0 Å². The van der Waals surface area contributed by atoms with E-state index in [1.807, 2.05) is 4.90 Å². The van der Waals surface area contributed by atoms with Crippen LogP contribution in [0.3, 0.4) is 0 Å². The summed E-state index contributed by atoms with van der Waals surface area (Å²) in [5.74, 6) is 1.43. The maximum absolute atomic E-state index is 9.29. The van der Waals surface area contributed by atoms with Crippen molar-refractivity contribution in [2.45, 2.75) is 25.3 Å². The number of hydrogen-bond donors (Lipinski definition) is 2. The summed E-state index contributed by atoms with van der Waals surface area (Å²) in [6.07, 6.45) is 6.36. The average molecular weight is 290 g/mol. The summed E-state index contributed by atoms with van der Waals surface area (Å²) in [5, 5.41) is 16.3. The molecule has 0 bridgehead atoms. The van der Waals surface area contributed by atoms with Crippen LogP contribution in [0.1, 0.15) is 19.3 Å². The van der Waals surface area contributed by atoms with Gasteiger partial charge < -0.3 is 15.3 Å². The number of nitrogens with one attached hydrogen (secondary N) is 1. The van der Waals surface area contributed by atoms with Crippen LogP contribution in [-0.4, -0.2) is 61.1 Å². The Morgan fingerprint density at radius 2 is 2.24 bits per heavy atom. The number of aliphatic hydroxyl groups excluding tert-OH is 1. The van der Waals surface area contributed by atoms with Crippen molar-refractivity contribution in [3.63, 3.8) is 0 Å². The molecule has 2 heterocycles. The molecule has 0 spiro atoms. The number of hydrogen-bond acceptors (Lipinski definition) is 8. The van der Waals surface area contributed by atoms with E-state index in [1.54, 1.807) is 7.05 Å². The zero-order valence-electron chi connectivity index (χ0n) is 11.8. The molecule has 9 heteroatoms. The first kappa shape index (κ1) is 13.7. The summed E-state index contributed by atoms with van der Waals surface area (Å²) in [7, 11) is 1.75. The molecular weight excluding hydrogens is 272 g/mol. The van der Waals surface area contributed by atoms with Gasteiger partial charge in [0.1, 0.15) is 12.7 Å². The van der Waals surface area contributed by atoms with Gasteiger partial charge in [-0.3, -0.25) is 0 Å². The lowest BCUT2D eigenvalue weighted by Crippen LogP contribution is -2.43. The van der Waals surface area contributed by atoms with Crippen LogP contribution < -0.4 is 10.2 Å². The Balaban J connectivity index is 1.97. The van der Waals surface area contributed by atoms with Crippen molar-refractivity contribution in [1.82, 2.24) is 29.7 Å². The second kappa shape index (κ2) is 6.00. The van der Waals surface area contributed by atoms with Gasteiger partial charge >= 0.3 is 0 Å². The van der Waals surface area contributed by atoms with Gasteiger partial charge in [-0.05, 0) is 19.3 Å². The van der Waals surface area contributed by atoms with Crippen LogP contribution in [0, 0.1) is 0 Å². The third-order valence-corrected chi connectivity index (χ3v) is 3.57. The van der Waals surface area contributed by atoms with Crippen LogP contribution in [-0.2, 0) is 0 Å². The normalized spacial score (nSPS) is 14.8. The molecule has 2 aromatic heterocycles. The van der Waals surface area contributed by atoms with E-state index in [4.69, 9.17) is 0 Å². The van der Waals surface area contributed by atoms with E-state index in [0.717, 1.165) is 12.8 Å². The fourth-order valence-electron chi connectivity index (χ4n) is 2.26. The van der Waals surface area contributed by atoms with E-state index >= 15 is 0 Å². The maximum atomic E-state index is 9.29. The van der Waals surface area contributed by atoms with Gasteiger partial charge in [0.2, 0.25) is 11.9 Å². The van der Waals surface area contributed by atoms with Gasteiger partial charge in [0.25, 0.3) is 5.95 Å². The van der Waals surface area contributed by atoms with Crippen molar-refractivity contribution in [1.29, 1.82) is 0 Å². The van der Waals surface area contributed by atoms with Gasteiger partial charge in [-0.1, -0.05) is 0 Å². The van der Waals surface area contributed by atoms with E-state index < -0.39 is 0 Å². The zero-order chi connectivity index (χ0) is 14.7. The smallest absolute Gasteiger partial charge is 0.258 e. The molecule has 0 aromatic carbocycles. The monoisotopic (exact) mass is 290 g/mol. The van der Waals surface area contributed by atoms with Gasteiger partial charge in [0.15, 0.2) is 0 Å². The van der Waals surface area contributed by atoms with E-state index in [-0.39, 0.29) is 6.61 Å². The molecule has 112 valence electrons. The topological polar surface area (TPSA) is 105 Å². The summed E-state index contributed by atoms with van der Waals surface area (Å²) in [5.41, 5.74) is 0. The summed E-state index contributed by atoms with van der Waals surface area (Å²) in [6, 6.07) is 0.382. The van der Waals surface area contributed by atoms with Crippen LogP contribution >= 0.6 is 0 Å². The van der Waals surface area contributed by atoms with Crippen molar-refractivity contribution < 1.29 is 5.11 Å². The van der Waals surface area contributed by atoms with Crippen molar-refractivity contribution >= 4 is 11.9 Å². The minimum Gasteiger partial charge on any atom is -0.395 e. The molecule has 21 heavy (non-hydrogen) atoms. The first-order valence-corrected chi connectivity index (χ1v) is 6.98. The van der Waals surface area contributed by atoms with Gasteiger partial charge in [-0.25, -0.2) is 4.98 Å². The molecule has 0 saturated heterocycles. The number of rotatable bonds is 6. The molecule has 0 amide bonds. The van der Waals surface area contributed by atoms with Gasteiger partial charge in [-0.2, -0.15) is 24.7 Å². The molecule has 2 aromatic rings. The maximum Gasteiger partial charge on any atom is 0.258 e. The van der Waals surface area contributed by atoms with Crippen molar-refractivity contribution in [3.8, 4) is 5.95 Å². The lowest BCUT2D eigenvalue weighted by molar-refractivity contribution is 0.282. The number of aliphatic hydroxyl groups is 1. The molecular formula is C12H18N8O. The number of nitrogens with zero attached hydrogens (tertiary/aromatic N) is 7. The third kappa shape index (κ3) is 2.77. The minimum absolute atomic E-state index is 0.0652. The molecule has 3 rings (SSSR count).